The van der Waals surface area contributed by atoms with Crippen molar-refractivity contribution in [3.05, 3.63) is 46.8 Å². The molecule has 1 N–H and O–H groups in total. The molecule has 1 aromatic carbocycles. The molecule has 0 aliphatic rings. The van der Waals surface area contributed by atoms with E-state index in [9.17, 15) is 9.90 Å². The van der Waals surface area contributed by atoms with Crippen molar-refractivity contribution in [1.82, 2.24) is 9.97 Å². The number of aryl methyl sites for hydroxylation is 2. The van der Waals surface area contributed by atoms with Crippen molar-refractivity contribution in [3.63, 3.8) is 0 Å². The number of aromatic nitrogens is 2. The number of rotatable bonds is 4. The van der Waals surface area contributed by atoms with E-state index in [0.29, 0.717) is 16.6 Å². The van der Waals surface area contributed by atoms with Gasteiger partial charge in [-0.25, -0.2) is 14.8 Å². The SMILES string of the molecule is Cc1cc(C(C)C)nc(Sc2ccc(C)c(C(=O)O)c2)n1. The van der Waals surface area contributed by atoms with E-state index in [2.05, 4.69) is 23.8 Å². The third kappa shape index (κ3) is 3.82. The van der Waals surface area contributed by atoms with Crippen LogP contribution in [0, 0.1) is 13.8 Å². The Hall–Kier alpha value is -1.88. The lowest BCUT2D eigenvalue weighted by molar-refractivity contribution is 0.0696. The van der Waals surface area contributed by atoms with Crippen LogP contribution in [0.15, 0.2) is 34.3 Å². The summed E-state index contributed by atoms with van der Waals surface area (Å²) in [4.78, 5) is 21.0. The zero-order valence-electron chi connectivity index (χ0n) is 12.5. The lowest BCUT2D eigenvalue weighted by Crippen LogP contribution is -2.00. The normalized spacial score (nSPS) is 10.9. The Bertz CT molecular complexity index is 684. The molecule has 0 aliphatic carbocycles. The van der Waals surface area contributed by atoms with Crippen molar-refractivity contribution < 1.29 is 9.90 Å². The molecule has 21 heavy (non-hydrogen) atoms. The van der Waals surface area contributed by atoms with Gasteiger partial charge in [-0.3, -0.25) is 0 Å². The second-order valence-electron chi connectivity index (χ2n) is 5.26. The van der Waals surface area contributed by atoms with Crippen LogP contribution >= 0.6 is 11.8 Å². The van der Waals surface area contributed by atoms with E-state index in [1.54, 1.807) is 13.0 Å². The van der Waals surface area contributed by atoms with Gasteiger partial charge in [0.15, 0.2) is 5.16 Å². The van der Waals surface area contributed by atoms with Crippen LogP contribution < -0.4 is 0 Å². The fourth-order valence-corrected chi connectivity index (χ4v) is 2.77. The number of benzene rings is 1. The quantitative estimate of drug-likeness (QED) is 0.863. The Morgan fingerprint density at radius 2 is 1.90 bits per heavy atom. The zero-order valence-corrected chi connectivity index (χ0v) is 13.4. The predicted molar refractivity (Wildman–Crippen MR) is 83.1 cm³/mol. The molecule has 4 nitrogen and oxygen atoms in total. The predicted octanol–water partition coefficient (Wildman–Crippen LogP) is 4.07. The molecule has 1 aromatic heterocycles. The molecule has 0 amide bonds. The molecule has 0 atom stereocenters. The maximum Gasteiger partial charge on any atom is 0.335 e. The first-order chi connectivity index (χ1) is 9.86. The molecule has 0 bridgehead atoms. The number of carboxylic acid groups (broad SMARTS) is 1. The van der Waals surface area contributed by atoms with Crippen LogP contribution in [0.25, 0.3) is 0 Å². The van der Waals surface area contributed by atoms with E-state index in [4.69, 9.17) is 0 Å². The third-order valence-corrected chi connectivity index (χ3v) is 3.95. The third-order valence-electron chi connectivity index (χ3n) is 3.09. The molecule has 110 valence electrons. The number of hydrogen-bond acceptors (Lipinski definition) is 4. The van der Waals surface area contributed by atoms with Crippen molar-refractivity contribution in [1.29, 1.82) is 0 Å². The topological polar surface area (TPSA) is 63.1 Å². The summed E-state index contributed by atoms with van der Waals surface area (Å²) in [7, 11) is 0. The molecule has 0 saturated carbocycles. The highest BCUT2D eigenvalue weighted by atomic mass is 32.2. The van der Waals surface area contributed by atoms with Crippen molar-refractivity contribution >= 4 is 17.7 Å². The van der Waals surface area contributed by atoms with Gasteiger partial charge in [0.05, 0.1) is 5.56 Å². The van der Waals surface area contributed by atoms with E-state index in [1.807, 2.05) is 25.1 Å². The van der Waals surface area contributed by atoms with Crippen LogP contribution in [0.1, 0.15) is 47.1 Å². The molecule has 2 rings (SSSR count). The number of carbonyl (C=O) groups is 1. The second kappa shape index (κ2) is 6.26. The number of carboxylic acids is 1. The molecule has 0 radical (unpaired) electrons. The summed E-state index contributed by atoms with van der Waals surface area (Å²) in [5.41, 5.74) is 2.98. The Kier molecular flexibility index (Phi) is 4.63. The summed E-state index contributed by atoms with van der Waals surface area (Å²) in [5.74, 6) is -0.582. The van der Waals surface area contributed by atoms with Crippen molar-refractivity contribution in [2.24, 2.45) is 0 Å². The molecule has 5 heteroatoms. The zero-order chi connectivity index (χ0) is 15.6. The van der Waals surface area contributed by atoms with Gasteiger partial charge in [-0.2, -0.15) is 0 Å². The van der Waals surface area contributed by atoms with Crippen molar-refractivity contribution in [2.75, 3.05) is 0 Å². The van der Waals surface area contributed by atoms with Gasteiger partial charge in [0.25, 0.3) is 0 Å². The molecule has 0 aliphatic heterocycles. The van der Waals surface area contributed by atoms with Crippen LogP contribution in [0.5, 0.6) is 0 Å². The number of aromatic carboxylic acids is 1. The Balaban J connectivity index is 2.34. The first kappa shape index (κ1) is 15.5. The maximum atomic E-state index is 11.2. The molecular weight excluding hydrogens is 284 g/mol. The van der Waals surface area contributed by atoms with E-state index in [1.165, 1.54) is 11.8 Å². The number of nitrogens with zero attached hydrogens (tertiary/aromatic N) is 2. The molecule has 0 fully saturated rings. The molecule has 0 saturated heterocycles. The van der Waals surface area contributed by atoms with Gasteiger partial charge in [-0.1, -0.05) is 19.9 Å². The fourth-order valence-electron chi connectivity index (χ4n) is 1.91. The van der Waals surface area contributed by atoms with Gasteiger partial charge >= 0.3 is 5.97 Å². The minimum atomic E-state index is -0.914. The summed E-state index contributed by atoms with van der Waals surface area (Å²) in [6.45, 7) is 7.91. The minimum absolute atomic E-state index is 0.316. The van der Waals surface area contributed by atoms with Gasteiger partial charge in [-0.05, 0) is 55.3 Å². The minimum Gasteiger partial charge on any atom is -0.478 e. The van der Waals surface area contributed by atoms with Crippen LogP contribution in [0.3, 0.4) is 0 Å². The molecule has 0 unspecified atom stereocenters. The van der Waals surface area contributed by atoms with Crippen molar-refractivity contribution in [2.45, 2.75) is 43.7 Å². The lowest BCUT2D eigenvalue weighted by Gasteiger charge is -2.09. The van der Waals surface area contributed by atoms with Gasteiger partial charge in [0, 0.05) is 16.3 Å². The lowest BCUT2D eigenvalue weighted by atomic mass is 10.1. The van der Waals surface area contributed by atoms with E-state index in [-0.39, 0.29) is 0 Å². The van der Waals surface area contributed by atoms with Crippen molar-refractivity contribution in [3.8, 4) is 0 Å². The second-order valence-corrected chi connectivity index (χ2v) is 6.30. The average molecular weight is 302 g/mol. The van der Waals surface area contributed by atoms with Crippen LogP contribution in [0.4, 0.5) is 0 Å². The Morgan fingerprint density at radius 3 is 2.52 bits per heavy atom. The summed E-state index contributed by atoms with van der Waals surface area (Å²) in [5, 5.41) is 9.83. The average Bonchev–Trinajstić information content (AvgIpc) is 2.40. The van der Waals surface area contributed by atoms with E-state index < -0.39 is 5.97 Å². The first-order valence-corrected chi connectivity index (χ1v) is 7.56. The fraction of sp³-hybridized carbons (Fsp3) is 0.312. The smallest absolute Gasteiger partial charge is 0.335 e. The highest BCUT2D eigenvalue weighted by molar-refractivity contribution is 7.99. The summed E-state index contributed by atoms with van der Waals surface area (Å²) < 4.78 is 0. The molecule has 0 spiro atoms. The van der Waals surface area contributed by atoms with E-state index in [0.717, 1.165) is 21.8 Å². The summed E-state index contributed by atoms with van der Waals surface area (Å²) >= 11 is 1.39. The van der Waals surface area contributed by atoms with Gasteiger partial charge in [-0.15, -0.1) is 0 Å². The highest BCUT2D eigenvalue weighted by Gasteiger charge is 2.11. The van der Waals surface area contributed by atoms with Crippen LogP contribution in [0.2, 0.25) is 0 Å². The van der Waals surface area contributed by atoms with E-state index >= 15 is 0 Å². The Morgan fingerprint density at radius 1 is 1.19 bits per heavy atom. The van der Waals surface area contributed by atoms with Gasteiger partial charge in [0.2, 0.25) is 0 Å². The molecular formula is C16H18N2O2S. The highest BCUT2D eigenvalue weighted by Crippen LogP contribution is 2.28. The number of hydrogen-bond donors (Lipinski definition) is 1. The Labute approximate surface area is 128 Å². The monoisotopic (exact) mass is 302 g/mol. The summed E-state index contributed by atoms with van der Waals surface area (Å²) in [6, 6.07) is 7.35. The van der Waals surface area contributed by atoms with Gasteiger partial charge in [0.1, 0.15) is 0 Å². The maximum absolute atomic E-state index is 11.2. The largest absolute Gasteiger partial charge is 0.478 e. The van der Waals surface area contributed by atoms with Gasteiger partial charge < -0.3 is 5.11 Å². The first-order valence-electron chi connectivity index (χ1n) is 6.74. The van der Waals surface area contributed by atoms with Crippen LogP contribution in [-0.2, 0) is 0 Å². The molecule has 2 aromatic rings. The summed E-state index contributed by atoms with van der Waals surface area (Å²) in [6.07, 6.45) is 0. The molecule has 1 heterocycles. The van der Waals surface area contributed by atoms with Crippen LogP contribution in [-0.4, -0.2) is 21.0 Å². The standard InChI is InChI=1S/C16H18N2O2S/c1-9(2)14-7-11(4)17-16(18-14)21-12-6-5-10(3)13(8-12)15(19)20/h5-9H,1-4H3,(H,19,20).